The highest BCUT2D eigenvalue weighted by molar-refractivity contribution is 7.99. The van der Waals surface area contributed by atoms with E-state index in [2.05, 4.69) is 5.32 Å². The summed E-state index contributed by atoms with van der Waals surface area (Å²) in [5.74, 6) is -0.484. The summed E-state index contributed by atoms with van der Waals surface area (Å²) in [5, 5.41) is 12.2. The number of amides is 1. The third-order valence-corrected chi connectivity index (χ3v) is 3.92. The number of nitrogens with one attached hydrogen (secondary N) is 1. The van der Waals surface area contributed by atoms with Crippen molar-refractivity contribution >= 4 is 35.2 Å². The minimum Gasteiger partial charge on any atom is -0.480 e. The van der Waals surface area contributed by atoms with Gasteiger partial charge in [0.2, 0.25) is 5.91 Å². The van der Waals surface area contributed by atoms with E-state index in [4.69, 9.17) is 16.7 Å². The van der Waals surface area contributed by atoms with E-state index in [1.54, 1.807) is 26.0 Å². The van der Waals surface area contributed by atoms with Gasteiger partial charge in [0.05, 0.1) is 5.75 Å². The molecule has 0 aliphatic heterocycles. The number of hydrogen-bond donors (Lipinski definition) is 2. The van der Waals surface area contributed by atoms with Crippen LogP contribution in [0.15, 0.2) is 24.3 Å². The van der Waals surface area contributed by atoms with Crippen molar-refractivity contribution in [3.63, 3.8) is 0 Å². The summed E-state index contributed by atoms with van der Waals surface area (Å²) >= 11 is 7.22. The number of carboxylic acids is 1. The van der Waals surface area contributed by atoms with Gasteiger partial charge in [-0.3, -0.25) is 4.79 Å². The van der Waals surface area contributed by atoms with E-state index in [9.17, 15) is 9.59 Å². The molecule has 6 heteroatoms. The molecule has 1 amide bonds. The molecule has 20 heavy (non-hydrogen) atoms. The van der Waals surface area contributed by atoms with Crippen molar-refractivity contribution < 1.29 is 14.7 Å². The minimum absolute atomic E-state index is 0.141. The van der Waals surface area contributed by atoms with Gasteiger partial charge in [0, 0.05) is 10.8 Å². The van der Waals surface area contributed by atoms with Crippen LogP contribution in [0.5, 0.6) is 0 Å². The Kier molecular flexibility index (Phi) is 6.88. The topological polar surface area (TPSA) is 66.4 Å². The molecular formula is C14H18ClNO3S. The van der Waals surface area contributed by atoms with Gasteiger partial charge < -0.3 is 10.4 Å². The van der Waals surface area contributed by atoms with Crippen LogP contribution in [0.3, 0.4) is 0 Å². The molecule has 0 spiro atoms. The van der Waals surface area contributed by atoms with Gasteiger partial charge in [0.1, 0.15) is 6.04 Å². The second kappa shape index (κ2) is 8.17. The second-order valence-corrected chi connectivity index (χ2v) is 6.17. The Balaban J connectivity index is 2.36. The van der Waals surface area contributed by atoms with Crippen molar-refractivity contribution in [2.45, 2.75) is 25.6 Å². The van der Waals surface area contributed by atoms with E-state index >= 15 is 0 Å². The predicted octanol–water partition coefficient (Wildman–Crippen LogP) is 2.80. The Hall–Kier alpha value is -1.20. The Morgan fingerprint density at radius 3 is 2.40 bits per heavy atom. The Morgan fingerprint density at radius 1 is 1.30 bits per heavy atom. The summed E-state index contributed by atoms with van der Waals surface area (Å²) in [6, 6.07) is 6.58. The number of hydrogen-bond acceptors (Lipinski definition) is 3. The number of rotatable bonds is 7. The van der Waals surface area contributed by atoms with E-state index in [0.29, 0.717) is 10.8 Å². The zero-order valence-electron chi connectivity index (χ0n) is 11.4. The van der Waals surface area contributed by atoms with E-state index in [-0.39, 0.29) is 17.6 Å². The molecule has 0 heterocycles. The molecule has 0 saturated heterocycles. The maximum atomic E-state index is 11.7. The summed E-state index contributed by atoms with van der Waals surface area (Å²) in [7, 11) is 0. The van der Waals surface area contributed by atoms with Crippen LogP contribution < -0.4 is 5.32 Å². The fourth-order valence-corrected chi connectivity index (χ4v) is 2.50. The van der Waals surface area contributed by atoms with Crippen molar-refractivity contribution in [3.8, 4) is 0 Å². The highest BCUT2D eigenvalue weighted by Crippen LogP contribution is 2.15. The van der Waals surface area contributed by atoms with Gasteiger partial charge in [-0.2, -0.15) is 0 Å². The van der Waals surface area contributed by atoms with E-state index in [1.807, 2.05) is 12.1 Å². The minimum atomic E-state index is -1.00. The van der Waals surface area contributed by atoms with Crippen molar-refractivity contribution in [3.05, 3.63) is 34.9 Å². The average Bonchev–Trinajstić information content (AvgIpc) is 2.37. The maximum Gasteiger partial charge on any atom is 0.326 e. The van der Waals surface area contributed by atoms with Gasteiger partial charge in [-0.05, 0) is 23.6 Å². The van der Waals surface area contributed by atoms with Gasteiger partial charge in [0.25, 0.3) is 0 Å². The lowest BCUT2D eigenvalue weighted by atomic mass is 10.1. The lowest BCUT2D eigenvalue weighted by molar-refractivity contribution is -0.142. The lowest BCUT2D eigenvalue weighted by Crippen LogP contribution is -2.45. The van der Waals surface area contributed by atoms with Crippen LogP contribution in [0.25, 0.3) is 0 Å². The molecule has 0 radical (unpaired) electrons. The molecule has 0 fully saturated rings. The Bertz CT molecular complexity index is 462. The molecule has 4 nitrogen and oxygen atoms in total. The standard InChI is InChI=1S/C14H18ClNO3S/c1-9(2)13(14(18)19)16-12(17)8-20-7-10-3-5-11(15)6-4-10/h3-6,9,13H,7-8H2,1-2H3,(H,16,17)(H,18,19)/t13-/m0/s1. The number of carbonyl (C=O) groups excluding carboxylic acids is 1. The lowest BCUT2D eigenvalue weighted by Gasteiger charge is -2.17. The highest BCUT2D eigenvalue weighted by Gasteiger charge is 2.22. The predicted molar refractivity (Wildman–Crippen MR) is 82.0 cm³/mol. The molecule has 0 aromatic heterocycles. The SMILES string of the molecule is CC(C)[C@H](NC(=O)CSCc1ccc(Cl)cc1)C(=O)O. The smallest absolute Gasteiger partial charge is 0.326 e. The zero-order valence-corrected chi connectivity index (χ0v) is 13.0. The zero-order chi connectivity index (χ0) is 15.1. The summed E-state index contributed by atoms with van der Waals surface area (Å²) in [4.78, 5) is 22.7. The first-order valence-corrected chi connectivity index (χ1v) is 7.77. The molecule has 2 N–H and O–H groups in total. The van der Waals surface area contributed by atoms with Crippen LogP contribution in [0.4, 0.5) is 0 Å². The molecule has 0 aliphatic carbocycles. The fraction of sp³-hybridized carbons (Fsp3) is 0.429. The van der Waals surface area contributed by atoms with Crippen LogP contribution >= 0.6 is 23.4 Å². The van der Waals surface area contributed by atoms with Crippen molar-refractivity contribution in [1.82, 2.24) is 5.32 Å². The summed E-state index contributed by atoms with van der Waals surface area (Å²) in [6.45, 7) is 3.53. The summed E-state index contributed by atoms with van der Waals surface area (Å²) in [6.07, 6.45) is 0. The molecular weight excluding hydrogens is 298 g/mol. The van der Waals surface area contributed by atoms with E-state index in [0.717, 1.165) is 5.56 Å². The van der Waals surface area contributed by atoms with Crippen LogP contribution in [0.2, 0.25) is 5.02 Å². The number of halogens is 1. The molecule has 0 bridgehead atoms. The first-order valence-electron chi connectivity index (χ1n) is 6.24. The number of aliphatic carboxylic acids is 1. The largest absolute Gasteiger partial charge is 0.480 e. The summed E-state index contributed by atoms with van der Waals surface area (Å²) < 4.78 is 0. The molecule has 1 aromatic carbocycles. The molecule has 0 saturated carbocycles. The highest BCUT2D eigenvalue weighted by atomic mass is 35.5. The second-order valence-electron chi connectivity index (χ2n) is 4.75. The normalized spacial score (nSPS) is 12.2. The number of benzene rings is 1. The average molecular weight is 316 g/mol. The van der Waals surface area contributed by atoms with Gasteiger partial charge in [0.15, 0.2) is 0 Å². The van der Waals surface area contributed by atoms with Gasteiger partial charge in [-0.1, -0.05) is 37.6 Å². The third-order valence-electron chi connectivity index (χ3n) is 2.66. The Labute approximate surface area is 127 Å². The quantitative estimate of drug-likeness (QED) is 0.812. The van der Waals surface area contributed by atoms with Crippen LogP contribution in [0, 0.1) is 5.92 Å². The molecule has 1 aromatic rings. The monoisotopic (exact) mass is 315 g/mol. The van der Waals surface area contributed by atoms with E-state index < -0.39 is 12.0 Å². The van der Waals surface area contributed by atoms with Gasteiger partial charge in [-0.25, -0.2) is 4.79 Å². The van der Waals surface area contributed by atoms with Crippen molar-refractivity contribution in [2.24, 2.45) is 5.92 Å². The molecule has 1 atom stereocenters. The Morgan fingerprint density at radius 2 is 1.90 bits per heavy atom. The van der Waals surface area contributed by atoms with Crippen LogP contribution in [-0.2, 0) is 15.3 Å². The number of carbonyl (C=O) groups is 2. The van der Waals surface area contributed by atoms with Crippen LogP contribution in [-0.4, -0.2) is 28.8 Å². The first-order chi connectivity index (χ1) is 9.40. The molecule has 1 rings (SSSR count). The van der Waals surface area contributed by atoms with Crippen molar-refractivity contribution in [2.75, 3.05) is 5.75 Å². The molecule has 110 valence electrons. The van der Waals surface area contributed by atoms with Crippen molar-refractivity contribution in [1.29, 1.82) is 0 Å². The van der Waals surface area contributed by atoms with Crippen LogP contribution in [0.1, 0.15) is 19.4 Å². The maximum absolute atomic E-state index is 11.7. The molecule has 0 aliphatic rings. The van der Waals surface area contributed by atoms with Gasteiger partial charge in [-0.15, -0.1) is 11.8 Å². The third kappa shape index (κ3) is 5.84. The summed E-state index contributed by atoms with van der Waals surface area (Å²) in [5.41, 5.74) is 1.07. The fourth-order valence-electron chi connectivity index (χ4n) is 1.57. The van der Waals surface area contributed by atoms with E-state index in [1.165, 1.54) is 11.8 Å². The molecule has 0 unspecified atom stereocenters. The first kappa shape index (κ1) is 16.9. The number of carboxylic acid groups (broad SMARTS) is 1. The number of thioether (sulfide) groups is 1. The van der Waals surface area contributed by atoms with Gasteiger partial charge >= 0.3 is 5.97 Å².